The van der Waals surface area contributed by atoms with Crippen LogP contribution in [0, 0.1) is 0 Å². The van der Waals surface area contributed by atoms with E-state index in [2.05, 4.69) is 4.98 Å². The van der Waals surface area contributed by atoms with Crippen LogP contribution in [-0.2, 0) is 17.8 Å². The third-order valence-corrected chi connectivity index (χ3v) is 1.72. The number of halogens is 2. The van der Waals surface area contributed by atoms with Gasteiger partial charge in [0.15, 0.2) is 0 Å². The molecular formula is C8H10F2N2O2. The number of aromatic nitrogens is 2. The summed E-state index contributed by atoms with van der Waals surface area (Å²) in [5.74, 6) is -0.996. The Balaban J connectivity index is 2.58. The zero-order chi connectivity index (χ0) is 10.6. The number of alkyl halides is 2. The van der Waals surface area contributed by atoms with E-state index in [1.54, 1.807) is 0 Å². The predicted molar refractivity (Wildman–Crippen MR) is 44.2 cm³/mol. The first kappa shape index (κ1) is 10.6. The van der Waals surface area contributed by atoms with Gasteiger partial charge in [0.05, 0.1) is 12.7 Å². The van der Waals surface area contributed by atoms with Crippen molar-refractivity contribution in [2.75, 3.05) is 0 Å². The van der Waals surface area contributed by atoms with Gasteiger partial charge in [0, 0.05) is 24.9 Å². The average Bonchev–Trinajstić information content (AvgIpc) is 2.47. The minimum Gasteiger partial charge on any atom is -0.481 e. The molecule has 1 aromatic heterocycles. The number of carbonyl (C=O) groups is 1. The summed E-state index contributed by atoms with van der Waals surface area (Å²) in [7, 11) is 0. The minimum absolute atomic E-state index is 0.0975. The van der Waals surface area contributed by atoms with Gasteiger partial charge in [0.25, 0.3) is 0 Å². The highest BCUT2D eigenvalue weighted by molar-refractivity contribution is 5.69. The molecule has 0 saturated heterocycles. The molecule has 0 aromatic carbocycles. The molecule has 0 amide bonds. The van der Waals surface area contributed by atoms with E-state index < -0.39 is 12.4 Å². The Morgan fingerprint density at radius 2 is 2.36 bits per heavy atom. The van der Waals surface area contributed by atoms with Crippen LogP contribution in [0.2, 0.25) is 0 Å². The van der Waals surface area contributed by atoms with Crippen molar-refractivity contribution in [2.24, 2.45) is 0 Å². The number of hydrogen-bond donors (Lipinski definition) is 1. The van der Waals surface area contributed by atoms with Crippen LogP contribution in [0.4, 0.5) is 8.78 Å². The van der Waals surface area contributed by atoms with Crippen LogP contribution < -0.4 is 0 Å². The van der Waals surface area contributed by atoms with E-state index in [9.17, 15) is 13.6 Å². The maximum Gasteiger partial charge on any atom is 0.309 e. The number of aliphatic carboxylic acids is 1. The predicted octanol–water partition coefficient (Wildman–Crippen LogP) is 1.17. The zero-order valence-corrected chi connectivity index (χ0v) is 7.36. The monoisotopic (exact) mass is 204 g/mol. The lowest BCUT2D eigenvalue weighted by Gasteiger charge is -2.05. The first-order chi connectivity index (χ1) is 6.59. The summed E-state index contributed by atoms with van der Waals surface area (Å²) in [4.78, 5) is 14.1. The zero-order valence-electron chi connectivity index (χ0n) is 7.36. The molecule has 0 aliphatic carbocycles. The molecule has 0 aliphatic rings. The summed E-state index contributed by atoms with van der Waals surface area (Å²) in [5, 5.41) is 8.50. The molecule has 4 nitrogen and oxygen atoms in total. The van der Waals surface area contributed by atoms with Crippen molar-refractivity contribution < 1.29 is 18.7 Å². The van der Waals surface area contributed by atoms with E-state index in [-0.39, 0.29) is 19.4 Å². The Morgan fingerprint density at radius 3 is 2.93 bits per heavy atom. The highest BCUT2D eigenvalue weighted by atomic mass is 19.3. The van der Waals surface area contributed by atoms with Gasteiger partial charge in [0.2, 0.25) is 6.43 Å². The third-order valence-electron chi connectivity index (χ3n) is 1.72. The maximum atomic E-state index is 11.9. The summed E-state index contributed by atoms with van der Waals surface area (Å²) in [6, 6.07) is 0. The molecule has 1 aromatic rings. The molecule has 0 unspecified atom stereocenters. The highest BCUT2D eigenvalue weighted by Crippen LogP contribution is 2.06. The Kier molecular flexibility index (Phi) is 3.55. The normalized spacial score (nSPS) is 10.8. The molecule has 0 atom stereocenters. The van der Waals surface area contributed by atoms with Crippen LogP contribution in [0.5, 0.6) is 0 Å². The second-order valence-electron chi connectivity index (χ2n) is 2.83. The Morgan fingerprint density at radius 1 is 1.64 bits per heavy atom. The molecular weight excluding hydrogens is 194 g/mol. The largest absolute Gasteiger partial charge is 0.481 e. The summed E-state index contributed by atoms with van der Waals surface area (Å²) < 4.78 is 25.2. The van der Waals surface area contributed by atoms with Crippen molar-refractivity contribution in [1.82, 2.24) is 9.55 Å². The summed E-state index contributed by atoms with van der Waals surface area (Å²) in [6.07, 6.45) is -0.123. The van der Waals surface area contributed by atoms with Gasteiger partial charge in [-0.3, -0.25) is 4.79 Å². The highest BCUT2D eigenvalue weighted by Gasteiger charge is 2.08. The third kappa shape index (κ3) is 3.12. The van der Waals surface area contributed by atoms with Crippen LogP contribution in [0.25, 0.3) is 0 Å². The molecule has 0 spiro atoms. The van der Waals surface area contributed by atoms with Crippen molar-refractivity contribution >= 4 is 5.97 Å². The molecule has 0 fully saturated rings. The van der Waals surface area contributed by atoms with Gasteiger partial charge in [-0.2, -0.15) is 0 Å². The quantitative estimate of drug-likeness (QED) is 0.783. The van der Waals surface area contributed by atoms with Crippen molar-refractivity contribution in [2.45, 2.75) is 25.8 Å². The SMILES string of the molecule is O=C(O)Cc1cncn1CCC(F)F. The molecule has 14 heavy (non-hydrogen) atoms. The van der Waals surface area contributed by atoms with Gasteiger partial charge in [0.1, 0.15) is 0 Å². The number of hydrogen-bond acceptors (Lipinski definition) is 2. The lowest BCUT2D eigenvalue weighted by molar-refractivity contribution is -0.136. The van der Waals surface area contributed by atoms with E-state index >= 15 is 0 Å². The number of aryl methyl sites for hydroxylation is 1. The maximum absolute atomic E-state index is 11.9. The van der Waals surface area contributed by atoms with Crippen LogP contribution in [0.1, 0.15) is 12.1 Å². The fourth-order valence-corrected chi connectivity index (χ4v) is 1.09. The van der Waals surface area contributed by atoms with Crippen molar-refractivity contribution in [3.8, 4) is 0 Å². The van der Waals surface area contributed by atoms with Crippen LogP contribution in [-0.4, -0.2) is 27.1 Å². The second-order valence-corrected chi connectivity index (χ2v) is 2.83. The topological polar surface area (TPSA) is 55.1 Å². The Labute approximate surface area is 79.2 Å². The van der Waals surface area contributed by atoms with Crippen molar-refractivity contribution in [3.05, 3.63) is 18.2 Å². The van der Waals surface area contributed by atoms with Gasteiger partial charge in [-0.15, -0.1) is 0 Å². The molecule has 0 saturated carbocycles. The molecule has 0 bridgehead atoms. The lowest BCUT2D eigenvalue weighted by atomic mass is 10.3. The first-order valence-corrected chi connectivity index (χ1v) is 4.08. The molecule has 78 valence electrons. The Bertz CT molecular complexity index is 312. The lowest BCUT2D eigenvalue weighted by Crippen LogP contribution is -2.09. The summed E-state index contributed by atoms with van der Waals surface area (Å²) >= 11 is 0. The average molecular weight is 204 g/mol. The van der Waals surface area contributed by atoms with Gasteiger partial charge >= 0.3 is 5.97 Å². The summed E-state index contributed by atoms with van der Waals surface area (Å²) in [5.41, 5.74) is 0.443. The summed E-state index contributed by atoms with van der Waals surface area (Å²) in [6.45, 7) is 0.0975. The second kappa shape index (κ2) is 4.69. The van der Waals surface area contributed by atoms with Crippen LogP contribution in [0.3, 0.4) is 0 Å². The van der Waals surface area contributed by atoms with Gasteiger partial charge in [-0.1, -0.05) is 0 Å². The minimum atomic E-state index is -2.38. The van der Waals surface area contributed by atoms with Gasteiger partial charge in [-0.05, 0) is 0 Å². The number of carboxylic acid groups (broad SMARTS) is 1. The number of carboxylic acids is 1. The number of nitrogens with zero attached hydrogens (tertiary/aromatic N) is 2. The van der Waals surface area contributed by atoms with E-state index in [1.807, 2.05) is 0 Å². The van der Waals surface area contributed by atoms with E-state index in [0.717, 1.165) is 0 Å². The molecule has 1 N–H and O–H groups in total. The van der Waals surface area contributed by atoms with E-state index in [1.165, 1.54) is 17.1 Å². The number of rotatable bonds is 5. The van der Waals surface area contributed by atoms with E-state index in [0.29, 0.717) is 5.69 Å². The fourth-order valence-electron chi connectivity index (χ4n) is 1.09. The molecule has 0 radical (unpaired) electrons. The van der Waals surface area contributed by atoms with Crippen molar-refractivity contribution in [1.29, 1.82) is 0 Å². The molecule has 0 aliphatic heterocycles. The smallest absolute Gasteiger partial charge is 0.309 e. The molecule has 6 heteroatoms. The fraction of sp³-hybridized carbons (Fsp3) is 0.500. The first-order valence-electron chi connectivity index (χ1n) is 4.08. The molecule has 1 heterocycles. The van der Waals surface area contributed by atoms with Crippen LogP contribution in [0.15, 0.2) is 12.5 Å². The van der Waals surface area contributed by atoms with Gasteiger partial charge in [-0.25, -0.2) is 13.8 Å². The van der Waals surface area contributed by atoms with Crippen LogP contribution >= 0.6 is 0 Å². The Hall–Kier alpha value is -1.46. The van der Waals surface area contributed by atoms with E-state index in [4.69, 9.17) is 5.11 Å². The molecule has 1 rings (SSSR count). The van der Waals surface area contributed by atoms with Crippen molar-refractivity contribution in [3.63, 3.8) is 0 Å². The van der Waals surface area contributed by atoms with Gasteiger partial charge < -0.3 is 9.67 Å². The standard InChI is InChI=1S/C8H10F2N2O2/c9-7(10)1-2-12-5-11-4-6(12)3-8(13)14/h4-5,7H,1-3H2,(H,13,14). The number of imidazole rings is 1.